The van der Waals surface area contributed by atoms with Gasteiger partial charge in [-0.3, -0.25) is 0 Å². The van der Waals surface area contributed by atoms with Gasteiger partial charge in [0, 0.05) is 4.90 Å². The highest BCUT2D eigenvalue weighted by Gasteiger charge is 2.23. The summed E-state index contributed by atoms with van der Waals surface area (Å²) in [6, 6.07) is 0. The third-order valence-electron chi connectivity index (χ3n) is 2.50. The summed E-state index contributed by atoms with van der Waals surface area (Å²) in [5.74, 6) is -0.634. The number of phenolic OH excluding ortho intramolecular Hbond substituents is 1. The number of ether oxygens (including phenoxy) is 1. The zero-order chi connectivity index (χ0) is 12.5. The van der Waals surface area contributed by atoms with Gasteiger partial charge in [-0.1, -0.05) is 11.6 Å². The number of esters is 1. The average Bonchev–Trinajstić information content (AvgIpc) is 2.29. The van der Waals surface area contributed by atoms with Gasteiger partial charge < -0.3 is 9.84 Å². The fraction of sp³-hybridized carbons (Fsp3) is 0.364. The lowest BCUT2D eigenvalue weighted by molar-refractivity contribution is 0.0593. The van der Waals surface area contributed by atoms with E-state index in [9.17, 15) is 9.90 Å². The number of phenols is 1. The molecule has 0 spiro atoms. The Morgan fingerprint density at radius 1 is 1.38 bits per heavy atom. The van der Waals surface area contributed by atoms with Crippen molar-refractivity contribution >= 4 is 29.3 Å². The van der Waals surface area contributed by atoms with Crippen molar-refractivity contribution in [3.8, 4) is 5.75 Å². The van der Waals surface area contributed by atoms with E-state index in [-0.39, 0.29) is 11.3 Å². The minimum absolute atomic E-state index is 0.0573. The normalized spacial score (nSPS) is 10.3. The number of thioether (sulfide) groups is 1. The smallest absolute Gasteiger partial charge is 0.342 e. The van der Waals surface area contributed by atoms with Crippen LogP contribution in [0.1, 0.15) is 21.5 Å². The molecule has 1 aromatic rings. The molecule has 0 aromatic heterocycles. The van der Waals surface area contributed by atoms with Gasteiger partial charge >= 0.3 is 5.97 Å². The lowest BCUT2D eigenvalue weighted by Gasteiger charge is -2.15. The number of hydrogen-bond acceptors (Lipinski definition) is 4. The zero-order valence-electron chi connectivity index (χ0n) is 9.55. The minimum Gasteiger partial charge on any atom is -0.507 e. The van der Waals surface area contributed by atoms with Gasteiger partial charge in [-0.2, -0.15) is 0 Å². The van der Waals surface area contributed by atoms with Crippen molar-refractivity contribution in [3.63, 3.8) is 0 Å². The molecule has 3 nitrogen and oxygen atoms in total. The first-order chi connectivity index (χ1) is 7.45. The van der Waals surface area contributed by atoms with Crippen molar-refractivity contribution in [2.45, 2.75) is 18.7 Å². The number of halogens is 1. The second-order valence-corrected chi connectivity index (χ2v) is 4.51. The van der Waals surface area contributed by atoms with Crippen molar-refractivity contribution in [2.24, 2.45) is 0 Å². The maximum atomic E-state index is 11.6. The molecule has 0 bridgehead atoms. The molecular formula is C11H13ClO3S. The number of carbonyl (C=O) groups is 1. The summed E-state index contributed by atoms with van der Waals surface area (Å²) in [5, 5.41) is 10.4. The summed E-state index contributed by atoms with van der Waals surface area (Å²) in [7, 11) is 1.27. The van der Waals surface area contributed by atoms with Crippen LogP contribution in [0.4, 0.5) is 0 Å². The number of aromatic hydroxyl groups is 1. The first-order valence-electron chi connectivity index (χ1n) is 4.59. The predicted molar refractivity (Wildman–Crippen MR) is 65.7 cm³/mol. The molecule has 1 rings (SSSR count). The van der Waals surface area contributed by atoms with Crippen LogP contribution in [-0.4, -0.2) is 24.4 Å². The van der Waals surface area contributed by atoms with Crippen molar-refractivity contribution in [3.05, 3.63) is 21.7 Å². The van der Waals surface area contributed by atoms with Gasteiger partial charge in [-0.15, -0.1) is 11.8 Å². The molecule has 0 aliphatic rings. The Bertz CT molecular complexity index is 444. The van der Waals surface area contributed by atoms with Crippen molar-refractivity contribution in [2.75, 3.05) is 13.4 Å². The highest BCUT2D eigenvalue weighted by atomic mass is 35.5. The molecular weight excluding hydrogens is 248 g/mol. The van der Waals surface area contributed by atoms with E-state index < -0.39 is 5.97 Å². The van der Waals surface area contributed by atoms with Gasteiger partial charge in [0.2, 0.25) is 0 Å². The van der Waals surface area contributed by atoms with Gasteiger partial charge in [-0.25, -0.2) is 4.79 Å². The maximum Gasteiger partial charge on any atom is 0.342 e. The molecule has 0 amide bonds. The molecule has 0 fully saturated rings. The topological polar surface area (TPSA) is 46.5 Å². The minimum atomic E-state index is -0.577. The SMILES string of the molecule is COC(=O)c1c(O)c(C)c(C)c(Cl)c1SC. The Kier molecular flexibility index (Phi) is 4.10. The Labute approximate surface area is 104 Å². The second kappa shape index (κ2) is 4.97. The maximum absolute atomic E-state index is 11.6. The molecule has 0 aliphatic heterocycles. The van der Waals surface area contributed by atoms with E-state index in [4.69, 9.17) is 11.6 Å². The Morgan fingerprint density at radius 2 is 1.94 bits per heavy atom. The fourth-order valence-electron chi connectivity index (χ4n) is 1.40. The number of rotatable bonds is 2. The quantitative estimate of drug-likeness (QED) is 0.655. The Balaban J connectivity index is 3.64. The molecule has 88 valence electrons. The van der Waals surface area contributed by atoms with Crippen molar-refractivity contribution in [1.82, 2.24) is 0 Å². The third-order valence-corrected chi connectivity index (χ3v) is 3.90. The monoisotopic (exact) mass is 260 g/mol. The van der Waals surface area contributed by atoms with Crippen molar-refractivity contribution < 1.29 is 14.6 Å². The second-order valence-electron chi connectivity index (χ2n) is 3.31. The summed E-state index contributed by atoms with van der Waals surface area (Å²) in [4.78, 5) is 12.1. The van der Waals surface area contributed by atoms with Crippen LogP contribution >= 0.6 is 23.4 Å². The standard InChI is InChI=1S/C11H13ClO3S/c1-5-6(2)9(13)7(11(14)15-3)10(16-4)8(5)12/h13H,1-4H3. The van der Waals surface area contributed by atoms with Crippen LogP contribution in [0, 0.1) is 13.8 Å². The summed E-state index contributed by atoms with van der Waals surface area (Å²) in [5.41, 5.74) is 1.52. The summed E-state index contributed by atoms with van der Waals surface area (Å²) >= 11 is 7.45. The molecule has 0 atom stereocenters. The molecule has 0 radical (unpaired) electrons. The van der Waals surface area contributed by atoms with Gasteiger partial charge in [0.25, 0.3) is 0 Å². The van der Waals surface area contributed by atoms with Crippen LogP contribution in [-0.2, 0) is 4.74 Å². The molecule has 0 saturated heterocycles. The van der Waals surface area contributed by atoms with Crippen LogP contribution in [0.2, 0.25) is 5.02 Å². The molecule has 0 heterocycles. The zero-order valence-corrected chi connectivity index (χ0v) is 11.1. The van der Waals surface area contributed by atoms with Crippen LogP contribution in [0.5, 0.6) is 5.75 Å². The largest absolute Gasteiger partial charge is 0.507 e. The van der Waals surface area contributed by atoms with E-state index >= 15 is 0 Å². The first-order valence-corrected chi connectivity index (χ1v) is 6.19. The molecule has 1 N–H and O–H groups in total. The lowest BCUT2D eigenvalue weighted by atomic mass is 10.0. The van der Waals surface area contributed by atoms with Gasteiger partial charge in [-0.05, 0) is 31.2 Å². The number of benzene rings is 1. The Morgan fingerprint density at radius 3 is 2.38 bits per heavy atom. The lowest BCUT2D eigenvalue weighted by Crippen LogP contribution is -2.06. The molecule has 5 heteroatoms. The van der Waals surface area contributed by atoms with Gasteiger partial charge in [0.05, 0.1) is 12.1 Å². The van der Waals surface area contributed by atoms with Gasteiger partial charge in [0.1, 0.15) is 11.3 Å². The summed E-state index contributed by atoms with van der Waals surface area (Å²) in [6.07, 6.45) is 1.79. The first kappa shape index (κ1) is 13.2. The van der Waals surface area contributed by atoms with Crippen molar-refractivity contribution in [1.29, 1.82) is 0 Å². The number of carbonyl (C=O) groups excluding carboxylic acids is 1. The molecule has 0 unspecified atom stereocenters. The number of methoxy groups -OCH3 is 1. The predicted octanol–water partition coefficient (Wildman–Crippen LogP) is 3.17. The van der Waals surface area contributed by atoms with E-state index in [1.54, 1.807) is 20.1 Å². The Hall–Kier alpha value is -0.870. The summed E-state index contributed by atoms with van der Waals surface area (Å²) in [6.45, 7) is 3.52. The fourth-order valence-corrected chi connectivity index (χ4v) is 2.58. The van der Waals surface area contributed by atoms with E-state index in [0.29, 0.717) is 15.5 Å². The molecule has 16 heavy (non-hydrogen) atoms. The van der Waals surface area contributed by atoms with Gasteiger partial charge in [0.15, 0.2) is 0 Å². The van der Waals surface area contributed by atoms with E-state index in [1.165, 1.54) is 18.9 Å². The number of hydrogen-bond donors (Lipinski definition) is 1. The molecule has 1 aromatic carbocycles. The third kappa shape index (κ3) is 1.99. The highest BCUT2D eigenvalue weighted by Crippen LogP contribution is 2.40. The summed E-state index contributed by atoms with van der Waals surface area (Å²) < 4.78 is 4.64. The van der Waals surface area contributed by atoms with E-state index in [1.807, 2.05) is 0 Å². The van der Waals surface area contributed by atoms with Crippen LogP contribution < -0.4 is 0 Å². The average molecular weight is 261 g/mol. The highest BCUT2D eigenvalue weighted by molar-refractivity contribution is 7.98. The van der Waals surface area contributed by atoms with E-state index in [0.717, 1.165) is 5.56 Å². The van der Waals surface area contributed by atoms with Crippen LogP contribution in [0.15, 0.2) is 4.90 Å². The van der Waals surface area contributed by atoms with Crippen LogP contribution in [0.3, 0.4) is 0 Å². The molecule has 0 saturated carbocycles. The molecule has 0 aliphatic carbocycles. The van der Waals surface area contributed by atoms with E-state index in [2.05, 4.69) is 4.74 Å². The van der Waals surface area contributed by atoms with Crippen LogP contribution in [0.25, 0.3) is 0 Å².